The van der Waals surface area contributed by atoms with Crippen LogP contribution < -0.4 is 16.0 Å². The van der Waals surface area contributed by atoms with Crippen molar-refractivity contribution in [2.24, 2.45) is 0 Å². The van der Waals surface area contributed by atoms with Crippen molar-refractivity contribution < 1.29 is 14.4 Å². The summed E-state index contributed by atoms with van der Waals surface area (Å²) < 4.78 is 0.883. The fraction of sp³-hybridized carbons (Fsp3) is 0.0244. The molecule has 51 heavy (non-hydrogen) atoms. The fourth-order valence-corrected chi connectivity index (χ4v) is 7.39. The van der Waals surface area contributed by atoms with Crippen LogP contribution in [0.5, 0.6) is 0 Å². The topological polar surface area (TPSA) is 111 Å². The molecule has 1 atom stereocenters. The molecule has 6 aromatic rings. The molecule has 0 radical (unpaired) electrons. The molecule has 250 valence electrons. The van der Waals surface area contributed by atoms with Gasteiger partial charge in [0.25, 0.3) is 11.8 Å². The quantitative estimate of drug-likeness (QED) is 0.0898. The van der Waals surface area contributed by atoms with Gasteiger partial charge < -0.3 is 16.0 Å². The Hall–Kier alpha value is -5.73. The maximum atomic E-state index is 13.9. The molecule has 0 spiro atoms. The van der Waals surface area contributed by atoms with E-state index >= 15 is 0 Å². The Kier molecular flexibility index (Phi) is 11.6. The zero-order chi connectivity index (χ0) is 35.6. The first-order valence-electron chi connectivity index (χ1n) is 15.7. The first-order chi connectivity index (χ1) is 24.9. The van der Waals surface area contributed by atoms with Crippen molar-refractivity contribution >= 4 is 73.5 Å². The lowest BCUT2D eigenvalue weighted by atomic mass is 10.1. The smallest absolute Gasteiger partial charge is 0.272 e. The number of hydrogen-bond acceptors (Lipinski definition) is 6. The number of amides is 3. The summed E-state index contributed by atoms with van der Waals surface area (Å²) in [6.07, 6.45) is 1.61. The summed E-state index contributed by atoms with van der Waals surface area (Å²) in [4.78, 5) is 41.4. The highest BCUT2D eigenvalue weighted by atomic mass is 79.9. The predicted molar refractivity (Wildman–Crippen MR) is 209 cm³/mol. The number of carbonyl (C=O) groups excluding carboxylic acids is 3. The van der Waals surface area contributed by atoms with Gasteiger partial charge in [-0.2, -0.15) is 5.26 Å². The molecule has 6 rings (SSSR count). The van der Waals surface area contributed by atoms with Gasteiger partial charge in [0, 0.05) is 31.6 Å². The first-order valence-corrected chi connectivity index (χ1v) is 18.3. The second-order valence-corrected chi connectivity index (χ2v) is 14.1. The van der Waals surface area contributed by atoms with E-state index in [4.69, 9.17) is 0 Å². The third-order valence-electron chi connectivity index (χ3n) is 7.62. The van der Waals surface area contributed by atoms with Gasteiger partial charge in [0.05, 0.1) is 5.56 Å². The highest BCUT2D eigenvalue weighted by molar-refractivity contribution is 9.10. The number of thiophene rings is 1. The molecule has 0 saturated carbocycles. The molecule has 0 saturated heterocycles. The van der Waals surface area contributed by atoms with Crippen molar-refractivity contribution in [3.63, 3.8) is 0 Å². The zero-order valence-electron chi connectivity index (χ0n) is 26.9. The molecule has 0 aliphatic carbocycles. The number of anilines is 2. The van der Waals surface area contributed by atoms with Crippen LogP contribution in [0, 0.1) is 11.3 Å². The summed E-state index contributed by atoms with van der Waals surface area (Å²) in [7, 11) is 0. The minimum Gasteiger partial charge on any atom is -0.321 e. The molecular weight excluding hydrogens is 741 g/mol. The number of nitrogens with one attached hydrogen (secondary N) is 3. The Morgan fingerprint density at radius 2 is 1.45 bits per heavy atom. The van der Waals surface area contributed by atoms with E-state index in [1.165, 1.54) is 23.1 Å². The van der Waals surface area contributed by atoms with Gasteiger partial charge in [0.1, 0.15) is 22.0 Å². The molecule has 0 aliphatic rings. The van der Waals surface area contributed by atoms with Crippen LogP contribution in [0.2, 0.25) is 0 Å². The summed E-state index contributed by atoms with van der Waals surface area (Å²) in [5.41, 5.74) is 4.52. The van der Waals surface area contributed by atoms with E-state index in [-0.39, 0.29) is 11.6 Å². The van der Waals surface area contributed by atoms with Crippen LogP contribution in [0.1, 0.15) is 32.3 Å². The molecule has 10 heteroatoms. The number of hydrogen-bond donors (Lipinski definition) is 3. The Morgan fingerprint density at radius 1 is 0.784 bits per heavy atom. The average Bonchev–Trinajstić information content (AvgIpc) is 3.57. The molecule has 0 fully saturated rings. The van der Waals surface area contributed by atoms with E-state index < -0.39 is 17.1 Å². The molecule has 3 N–H and O–H groups in total. The normalized spacial score (nSPS) is 11.6. The van der Waals surface area contributed by atoms with Crippen molar-refractivity contribution in [3.8, 4) is 17.2 Å². The number of halogens is 1. The average molecular weight is 770 g/mol. The third kappa shape index (κ3) is 9.09. The molecule has 0 aliphatic heterocycles. The van der Waals surface area contributed by atoms with Crippen molar-refractivity contribution in [2.75, 3.05) is 10.6 Å². The van der Waals surface area contributed by atoms with E-state index in [2.05, 4.69) is 37.9 Å². The second-order valence-electron chi connectivity index (χ2n) is 11.1. The van der Waals surface area contributed by atoms with Crippen molar-refractivity contribution in [1.82, 2.24) is 5.32 Å². The Labute approximate surface area is 312 Å². The summed E-state index contributed by atoms with van der Waals surface area (Å²) >= 11 is 6.05. The maximum Gasteiger partial charge on any atom is 0.272 e. The van der Waals surface area contributed by atoms with E-state index in [1.807, 2.05) is 102 Å². The number of benzene rings is 5. The highest BCUT2D eigenvalue weighted by Gasteiger charge is 2.25. The van der Waals surface area contributed by atoms with Gasteiger partial charge >= 0.3 is 0 Å². The van der Waals surface area contributed by atoms with Crippen LogP contribution in [-0.2, 0) is 9.59 Å². The number of carbonyl (C=O) groups is 3. The minimum atomic E-state index is -0.677. The predicted octanol–water partition coefficient (Wildman–Crippen LogP) is 9.93. The summed E-state index contributed by atoms with van der Waals surface area (Å²) in [5, 5.41) is 20.4. The van der Waals surface area contributed by atoms with E-state index in [0.717, 1.165) is 31.6 Å². The number of nitrogens with zero attached hydrogens (tertiary/aromatic N) is 1. The van der Waals surface area contributed by atoms with E-state index in [0.29, 0.717) is 21.8 Å². The fourth-order valence-electron chi connectivity index (χ4n) is 5.12. The highest BCUT2D eigenvalue weighted by Crippen LogP contribution is 2.40. The monoisotopic (exact) mass is 768 g/mol. The molecule has 1 unspecified atom stereocenters. The van der Waals surface area contributed by atoms with E-state index in [9.17, 15) is 19.6 Å². The first kappa shape index (κ1) is 35.1. The van der Waals surface area contributed by atoms with Crippen LogP contribution in [0.15, 0.2) is 160 Å². The van der Waals surface area contributed by atoms with Gasteiger partial charge in [-0.05, 0) is 65.2 Å². The largest absolute Gasteiger partial charge is 0.321 e. The molecular formula is C41H29BrN4O3S2. The number of rotatable bonds is 11. The molecule has 0 bridgehead atoms. The Bertz CT molecular complexity index is 2230. The van der Waals surface area contributed by atoms with Gasteiger partial charge in [0.2, 0.25) is 5.91 Å². The van der Waals surface area contributed by atoms with Crippen LogP contribution in [-0.4, -0.2) is 17.7 Å². The summed E-state index contributed by atoms with van der Waals surface area (Å²) in [6.45, 7) is 0. The summed E-state index contributed by atoms with van der Waals surface area (Å²) in [6, 6.07) is 44.4. The van der Waals surface area contributed by atoms with Crippen LogP contribution in [0.25, 0.3) is 17.2 Å². The number of nitriles is 1. The molecule has 1 aromatic heterocycles. The Morgan fingerprint density at radius 3 is 2.14 bits per heavy atom. The molecule has 7 nitrogen and oxygen atoms in total. The zero-order valence-corrected chi connectivity index (χ0v) is 30.1. The van der Waals surface area contributed by atoms with Crippen molar-refractivity contribution in [3.05, 3.63) is 177 Å². The lowest BCUT2D eigenvalue weighted by Gasteiger charge is -2.17. The van der Waals surface area contributed by atoms with Gasteiger partial charge in [-0.15, -0.1) is 23.1 Å². The van der Waals surface area contributed by atoms with Gasteiger partial charge in [-0.1, -0.05) is 113 Å². The lowest BCUT2D eigenvalue weighted by Crippen LogP contribution is -2.30. The Balaban J connectivity index is 1.23. The lowest BCUT2D eigenvalue weighted by molar-refractivity contribution is -0.116. The van der Waals surface area contributed by atoms with Gasteiger partial charge in [-0.25, -0.2) is 0 Å². The van der Waals surface area contributed by atoms with E-state index in [1.54, 1.807) is 48.5 Å². The summed E-state index contributed by atoms with van der Waals surface area (Å²) in [5.74, 6) is -1.23. The van der Waals surface area contributed by atoms with Crippen LogP contribution in [0.3, 0.4) is 0 Å². The standard InChI is InChI=1S/C41H29BrN4O3S2/c42-31-21-19-27(20-22-31)23-36(45-38(47)30-15-8-3-9-16-30)39(48)44-32-17-10-18-33(24-32)51-37(29-13-6-2-7-14-29)40(49)46-41-34(25-43)35(26-50-41)28-11-4-1-5-12-28/h1-24,26,37H,(H,44,48)(H,45,47)(H,46,49)/b36-23+. The van der Waals surface area contributed by atoms with Crippen molar-refractivity contribution in [1.29, 1.82) is 5.26 Å². The van der Waals surface area contributed by atoms with Crippen molar-refractivity contribution in [2.45, 2.75) is 10.1 Å². The third-order valence-corrected chi connectivity index (χ3v) is 10.3. The molecule has 5 aromatic carbocycles. The SMILES string of the molecule is N#Cc1c(-c2ccccc2)csc1NC(=O)C(Sc1cccc(NC(=O)/C(=C\c2ccc(Br)cc2)NC(=O)c2ccccc2)c1)c1ccccc1. The molecule has 3 amide bonds. The van der Waals surface area contributed by atoms with Crippen LogP contribution in [0.4, 0.5) is 10.7 Å². The maximum absolute atomic E-state index is 13.9. The van der Waals surface area contributed by atoms with Gasteiger partial charge in [0.15, 0.2) is 0 Å². The number of thioether (sulfide) groups is 1. The second kappa shape index (κ2) is 16.8. The van der Waals surface area contributed by atoms with Gasteiger partial charge in [-0.3, -0.25) is 14.4 Å². The molecule has 1 heterocycles. The minimum absolute atomic E-state index is 0.0601. The van der Waals surface area contributed by atoms with Crippen LogP contribution >= 0.6 is 39.0 Å².